The SMILES string of the molecule is Cc1oc(NC(=O)CN2CC(O)C(O)C2)c(C#N)c1C. The molecule has 2 atom stereocenters. The van der Waals surface area contributed by atoms with E-state index in [0.29, 0.717) is 16.9 Å². The summed E-state index contributed by atoms with van der Waals surface area (Å²) in [6, 6.07) is 2.00. The number of nitrogens with one attached hydrogen (secondary N) is 1. The number of nitriles is 1. The first kappa shape index (κ1) is 14.5. The maximum Gasteiger partial charge on any atom is 0.240 e. The number of carbonyl (C=O) groups excluding carboxylic acids is 1. The molecule has 7 heteroatoms. The third kappa shape index (κ3) is 2.82. The van der Waals surface area contributed by atoms with E-state index in [1.165, 1.54) is 0 Å². The molecule has 1 amide bonds. The van der Waals surface area contributed by atoms with Crippen molar-refractivity contribution in [2.45, 2.75) is 26.1 Å². The number of amides is 1. The van der Waals surface area contributed by atoms with Crippen molar-refractivity contribution in [3.05, 3.63) is 16.9 Å². The van der Waals surface area contributed by atoms with Crippen LogP contribution in [0, 0.1) is 25.2 Å². The van der Waals surface area contributed by atoms with Gasteiger partial charge in [0.1, 0.15) is 17.4 Å². The van der Waals surface area contributed by atoms with Crippen LogP contribution < -0.4 is 5.32 Å². The summed E-state index contributed by atoms with van der Waals surface area (Å²) >= 11 is 0. The molecule has 108 valence electrons. The Kier molecular flexibility index (Phi) is 4.09. The van der Waals surface area contributed by atoms with Crippen LogP contribution >= 0.6 is 0 Å². The van der Waals surface area contributed by atoms with Crippen LogP contribution in [0.2, 0.25) is 0 Å². The summed E-state index contributed by atoms with van der Waals surface area (Å²) in [5, 5.41) is 30.4. The van der Waals surface area contributed by atoms with Crippen molar-refractivity contribution >= 4 is 11.8 Å². The zero-order valence-electron chi connectivity index (χ0n) is 11.4. The van der Waals surface area contributed by atoms with Gasteiger partial charge in [-0.2, -0.15) is 5.26 Å². The summed E-state index contributed by atoms with van der Waals surface area (Å²) in [7, 11) is 0. The van der Waals surface area contributed by atoms with Crippen LogP contribution in [0.25, 0.3) is 0 Å². The zero-order chi connectivity index (χ0) is 14.9. The third-order valence-corrected chi connectivity index (χ3v) is 3.45. The van der Waals surface area contributed by atoms with Gasteiger partial charge in [0, 0.05) is 18.7 Å². The minimum absolute atomic E-state index is 0.0256. The van der Waals surface area contributed by atoms with Gasteiger partial charge in [0.25, 0.3) is 0 Å². The Hall–Kier alpha value is -1.88. The number of rotatable bonds is 3. The van der Waals surface area contributed by atoms with Crippen LogP contribution in [-0.4, -0.2) is 52.9 Å². The number of nitrogens with zero attached hydrogens (tertiary/aromatic N) is 2. The van der Waals surface area contributed by atoms with Crippen molar-refractivity contribution in [3.8, 4) is 6.07 Å². The Morgan fingerprint density at radius 3 is 2.60 bits per heavy atom. The number of β-amino-alcohol motifs (C(OH)–C–C–N with tert-alkyl or cyclic N) is 2. The molecule has 2 unspecified atom stereocenters. The Morgan fingerprint density at radius 2 is 2.05 bits per heavy atom. The van der Waals surface area contributed by atoms with Crippen LogP contribution in [0.4, 0.5) is 5.88 Å². The Labute approximate surface area is 116 Å². The number of hydrogen-bond acceptors (Lipinski definition) is 6. The molecular formula is C13H17N3O4. The summed E-state index contributed by atoms with van der Waals surface area (Å²) in [6.07, 6.45) is -1.66. The minimum atomic E-state index is -0.828. The lowest BCUT2D eigenvalue weighted by Gasteiger charge is -2.13. The number of aliphatic hydroxyl groups is 2. The summed E-state index contributed by atoms with van der Waals surface area (Å²) in [5.74, 6) is 0.383. The first-order valence-electron chi connectivity index (χ1n) is 6.30. The van der Waals surface area contributed by atoms with Gasteiger partial charge in [-0.15, -0.1) is 0 Å². The van der Waals surface area contributed by atoms with E-state index >= 15 is 0 Å². The maximum atomic E-state index is 11.9. The van der Waals surface area contributed by atoms with Gasteiger partial charge in [-0.25, -0.2) is 0 Å². The predicted molar refractivity (Wildman–Crippen MR) is 70.0 cm³/mol. The van der Waals surface area contributed by atoms with Crippen LogP contribution in [-0.2, 0) is 4.79 Å². The van der Waals surface area contributed by atoms with Gasteiger partial charge in [-0.3, -0.25) is 15.0 Å². The first-order chi connectivity index (χ1) is 9.42. The molecule has 20 heavy (non-hydrogen) atoms. The molecule has 1 fully saturated rings. The predicted octanol–water partition coefficient (Wildman–Crippen LogP) is -0.256. The molecule has 1 aromatic heterocycles. The molecular weight excluding hydrogens is 262 g/mol. The molecule has 0 radical (unpaired) electrons. The van der Waals surface area contributed by atoms with Gasteiger partial charge in [-0.1, -0.05) is 0 Å². The van der Waals surface area contributed by atoms with Gasteiger partial charge >= 0.3 is 0 Å². The number of anilines is 1. The smallest absolute Gasteiger partial charge is 0.240 e. The fourth-order valence-electron chi connectivity index (χ4n) is 2.19. The molecule has 0 aliphatic carbocycles. The normalized spacial score (nSPS) is 22.8. The molecule has 2 rings (SSSR count). The third-order valence-electron chi connectivity index (χ3n) is 3.45. The molecule has 7 nitrogen and oxygen atoms in total. The fraction of sp³-hybridized carbons (Fsp3) is 0.538. The Morgan fingerprint density at radius 1 is 1.45 bits per heavy atom. The van der Waals surface area contributed by atoms with E-state index < -0.39 is 12.2 Å². The zero-order valence-corrected chi connectivity index (χ0v) is 11.4. The topological polar surface area (TPSA) is 110 Å². The van der Waals surface area contributed by atoms with E-state index in [1.807, 2.05) is 6.07 Å². The fourth-order valence-corrected chi connectivity index (χ4v) is 2.19. The molecule has 0 saturated carbocycles. The molecule has 1 aliphatic rings. The van der Waals surface area contributed by atoms with Crippen molar-refractivity contribution in [1.29, 1.82) is 5.26 Å². The largest absolute Gasteiger partial charge is 0.444 e. The number of likely N-dealkylation sites (tertiary alicyclic amines) is 1. The quantitative estimate of drug-likeness (QED) is 0.703. The monoisotopic (exact) mass is 279 g/mol. The molecule has 0 aromatic carbocycles. The van der Waals surface area contributed by atoms with Gasteiger partial charge in [0.15, 0.2) is 0 Å². The average Bonchev–Trinajstić information content (AvgIpc) is 2.80. The van der Waals surface area contributed by atoms with Crippen molar-refractivity contribution in [2.75, 3.05) is 25.0 Å². The summed E-state index contributed by atoms with van der Waals surface area (Å²) in [5.41, 5.74) is 1.02. The summed E-state index contributed by atoms with van der Waals surface area (Å²) in [6.45, 7) is 3.99. The molecule has 1 aromatic rings. The number of aliphatic hydroxyl groups excluding tert-OH is 2. The lowest BCUT2D eigenvalue weighted by Crippen LogP contribution is -2.32. The number of aryl methyl sites for hydroxylation is 1. The molecule has 1 aliphatic heterocycles. The van der Waals surface area contributed by atoms with E-state index in [2.05, 4.69) is 5.32 Å². The lowest BCUT2D eigenvalue weighted by atomic mass is 10.2. The van der Waals surface area contributed by atoms with Crippen LogP contribution in [0.15, 0.2) is 4.42 Å². The van der Waals surface area contributed by atoms with Gasteiger partial charge < -0.3 is 14.6 Å². The van der Waals surface area contributed by atoms with E-state index in [0.717, 1.165) is 0 Å². The molecule has 1 saturated heterocycles. The Balaban J connectivity index is 1.99. The highest BCUT2D eigenvalue weighted by molar-refractivity contribution is 5.92. The minimum Gasteiger partial charge on any atom is -0.444 e. The van der Waals surface area contributed by atoms with Crippen molar-refractivity contribution in [1.82, 2.24) is 4.90 Å². The highest BCUT2D eigenvalue weighted by Gasteiger charge is 2.30. The van der Waals surface area contributed by atoms with Crippen molar-refractivity contribution < 1.29 is 19.4 Å². The van der Waals surface area contributed by atoms with E-state index in [4.69, 9.17) is 9.68 Å². The van der Waals surface area contributed by atoms with E-state index in [1.54, 1.807) is 18.7 Å². The number of carbonyl (C=O) groups is 1. The van der Waals surface area contributed by atoms with Gasteiger partial charge in [0.2, 0.25) is 11.8 Å². The van der Waals surface area contributed by atoms with Crippen molar-refractivity contribution in [3.63, 3.8) is 0 Å². The lowest BCUT2D eigenvalue weighted by molar-refractivity contribution is -0.117. The number of furan rings is 1. The molecule has 3 N–H and O–H groups in total. The van der Waals surface area contributed by atoms with E-state index in [9.17, 15) is 15.0 Å². The molecule has 0 spiro atoms. The average molecular weight is 279 g/mol. The second-order valence-corrected chi connectivity index (χ2v) is 4.98. The Bertz CT molecular complexity index is 551. The van der Waals surface area contributed by atoms with Crippen molar-refractivity contribution in [2.24, 2.45) is 0 Å². The highest BCUT2D eigenvalue weighted by Crippen LogP contribution is 2.25. The number of hydrogen-bond donors (Lipinski definition) is 3. The molecule has 0 bridgehead atoms. The van der Waals surface area contributed by atoms with Crippen LogP contribution in [0.3, 0.4) is 0 Å². The summed E-state index contributed by atoms with van der Waals surface area (Å²) in [4.78, 5) is 13.5. The van der Waals surface area contributed by atoms with Crippen LogP contribution in [0.5, 0.6) is 0 Å². The van der Waals surface area contributed by atoms with Gasteiger partial charge in [-0.05, 0) is 13.8 Å². The van der Waals surface area contributed by atoms with Gasteiger partial charge in [0.05, 0.1) is 18.8 Å². The summed E-state index contributed by atoms with van der Waals surface area (Å²) < 4.78 is 5.34. The first-order valence-corrected chi connectivity index (χ1v) is 6.30. The second kappa shape index (κ2) is 5.63. The van der Waals surface area contributed by atoms with E-state index in [-0.39, 0.29) is 31.4 Å². The van der Waals surface area contributed by atoms with Crippen LogP contribution in [0.1, 0.15) is 16.9 Å². The molecule has 2 heterocycles. The second-order valence-electron chi connectivity index (χ2n) is 4.98. The standard InChI is InChI=1S/C13H17N3O4/c1-7-8(2)20-13(9(7)3-14)15-12(19)6-16-4-10(17)11(18)5-16/h10-11,17-18H,4-6H2,1-2H3,(H,15,19). The highest BCUT2D eigenvalue weighted by atomic mass is 16.4. The maximum absolute atomic E-state index is 11.9.